The van der Waals surface area contributed by atoms with Crippen molar-refractivity contribution in [1.82, 2.24) is 14.4 Å². The van der Waals surface area contributed by atoms with Gasteiger partial charge in [-0.3, -0.25) is 9.69 Å². The molecule has 0 saturated carbocycles. The molecule has 4 nitrogen and oxygen atoms in total. The molecule has 0 radical (unpaired) electrons. The number of benzene rings is 1. The second-order valence-electron chi connectivity index (χ2n) is 6.94. The highest BCUT2D eigenvalue weighted by atomic mass is 32.1. The lowest BCUT2D eigenvalue weighted by Gasteiger charge is -2.35. The molecule has 3 aromatic rings. The Hall–Kier alpha value is -2.11. The Labute approximate surface area is 158 Å². The number of carbonyl (C=O) groups is 1. The van der Waals surface area contributed by atoms with Gasteiger partial charge in [0.05, 0.1) is 10.2 Å². The van der Waals surface area contributed by atoms with Crippen LogP contribution in [0.2, 0.25) is 0 Å². The van der Waals surface area contributed by atoms with Crippen molar-refractivity contribution >= 4 is 27.5 Å². The quantitative estimate of drug-likeness (QED) is 0.698. The van der Waals surface area contributed by atoms with Crippen LogP contribution in [0.5, 0.6) is 0 Å². The highest BCUT2D eigenvalue weighted by Crippen LogP contribution is 2.26. The van der Waals surface area contributed by atoms with Crippen LogP contribution in [0.1, 0.15) is 28.5 Å². The molecule has 0 bridgehead atoms. The van der Waals surface area contributed by atoms with Crippen molar-refractivity contribution in [3.63, 3.8) is 0 Å². The molecular weight excluding hydrogens is 342 g/mol. The summed E-state index contributed by atoms with van der Waals surface area (Å²) < 4.78 is 3.35. The van der Waals surface area contributed by atoms with E-state index in [1.807, 2.05) is 4.90 Å². The third-order valence-corrected chi connectivity index (χ3v) is 6.23. The predicted molar refractivity (Wildman–Crippen MR) is 108 cm³/mol. The first-order valence-corrected chi connectivity index (χ1v) is 10.2. The molecule has 0 unspecified atom stereocenters. The Kier molecular flexibility index (Phi) is 4.83. The van der Waals surface area contributed by atoms with Gasteiger partial charge in [-0.15, -0.1) is 11.3 Å². The van der Waals surface area contributed by atoms with Gasteiger partial charge in [-0.05, 0) is 42.5 Å². The summed E-state index contributed by atoms with van der Waals surface area (Å²) in [6.45, 7) is 9.53. The van der Waals surface area contributed by atoms with Gasteiger partial charge in [0.15, 0.2) is 0 Å². The van der Waals surface area contributed by atoms with Crippen molar-refractivity contribution in [3.8, 4) is 0 Å². The van der Waals surface area contributed by atoms with E-state index in [0.29, 0.717) is 0 Å². The van der Waals surface area contributed by atoms with Gasteiger partial charge in [0.2, 0.25) is 0 Å². The molecule has 5 heteroatoms. The molecule has 1 aliphatic heterocycles. The second kappa shape index (κ2) is 7.25. The van der Waals surface area contributed by atoms with Gasteiger partial charge >= 0.3 is 0 Å². The van der Waals surface area contributed by atoms with Crippen LogP contribution < -0.4 is 0 Å². The summed E-state index contributed by atoms with van der Waals surface area (Å²) in [4.78, 5) is 17.5. The lowest BCUT2D eigenvalue weighted by molar-refractivity contribution is 0.0618. The number of piperazine rings is 1. The molecule has 0 spiro atoms. The topological polar surface area (TPSA) is 28.5 Å². The van der Waals surface area contributed by atoms with Crippen LogP contribution in [0.15, 0.2) is 41.8 Å². The monoisotopic (exact) mass is 367 g/mol. The van der Waals surface area contributed by atoms with Crippen LogP contribution in [0.25, 0.3) is 10.2 Å². The summed E-state index contributed by atoms with van der Waals surface area (Å²) in [5.74, 6) is 0.172. The summed E-state index contributed by atoms with van der Waals surface area (Å²) in [6, 6.07) is 12.7. The Morgan fingerprint density at radius 3 is 2.62 bits per heavy atom. The van der Waals surface area contributed by atoms with E-state index in [1.165, 1.54) is 21.3 Å². The third kappa shape index (κ3) is 3.17. The molecule has 0 atom stereocenters. The van der Waals surface area contributed by atoms with E-state index in [0.717, 1.165) is 45.0 Å². The zero-order chi connectivity index (χ0) is 18.1. The fraction of sp³-hybridized carbons (Fsp3) is 0.381. The molecule has 1 amide bonds. The molecule has 26 heavy (non-hydrogen) atoms. The summed E-state index contributed by atoms with van der Waals surface area (Å²) >= 11 is 1.70. The number of amides is 1. The number of hydrogen-bond acceptors (Lipinski definition) is 3. The van der Waals surface area contributed by atoms with E-state index >= 15 is 0 Å². The van der Waals surface area contributed by atoms with E-state index in [4.69, 9.17) is 0 Å². The van der Waals surface area contributed by atoms with Crippen molar-refractivity contribution in [2.75, 3.05) is 26.2 Å². The van der Waals surface area contributed by atoms with Gasteiger partial charge in [0.25, 0.3) is 5.91 Å². The lowest BCUT2D eigenvalue weighted by atomic mass is 10.1. The first-order valence-electron chi connectivity index (χ1n) is 9.30. The maximum Gasteiger partial charge on any atom is 0.270 e. The summed E-state index contributed by atoms with van der Waals surface area (Å²) in [6.07, 6.45) is 0. The van der Waals surface area contributed by atoms with Gasteiger partial charge in [0, 0.05) is 39.3 Å². The van der Waals surface area contributed by atoms with Gasteiger partial charge in [0.1, 0.15) is 5.69 Å². The average molecular weight is 368 g/mol. The van der Waals surface area contributed by atoms with E-state index in [9.17, 15) is 4.79 Å². The first-order chi connectivity index (χ1) is 12.7. The number of fused-ring (bicyclic) bond motifs is 1. The fourth-order valence-corrected chi connectivity index (χ4v) is 4.62. The number of rotatable bonds is 4. The summed E-state index contributed by atoms with van der Waals surface area (Å²) in [7, 11) is 0. The Bertz CT molecular complexity index is 918. The standard InChI is InChI=1S/C21H25N3OS/c1-3-24-18-8-13-26-20(18)14-19(24)21(25)23-11-9-22(10-12-23)15-17-7-5-4-6-16(17)2/h4-8,13-14H,3,9-12,15H2,1-2H3. The van der Waals surface area contributed by atoms with E-state index < -0.39 is 0 Å². The molecule has 3 heterocycles. The number of aryl methyl sites for hydroxylation is 2. The van der Waals surface area contributed by atoms with Crippen LogP contribution in [-0.2, 0) is 13.1 Å². The molecule has 1 fully saturated rings. The number of aromatic nitrogens is 1. The predicted octanol–water partition coefficient (Wildman–Crippen LogP) is 3.99. The number of hydrogen-bond donors (Lipinski definition) is 0. The van der Waals surface area contributed by atoms with Crippen LogP contribution in [0, 0.1) is 6.92 Å². The summed E-state index contributed by atoms with van der Waals surface area (Å²) in [5, 5.41) is 2.09. The highest BCUT2D eigenvalue weighted by molar-refractivity contribution is 7.17. The SMILES string of the molecule is CCn1c(C(=O)N2CCN(Cc3ccccc3C)CC2)cc2sccc21. The van der Waals surface area contributed by atoms with Crippen molar-refractivity contribution in [2.24, 2.45) is 0 Å². The third-order valence-electron chi connectivity index (χ3n) is 5.37. The maximum atomic E-state index is 13.1. The molecule has 0 N–H and O–H groups in total. The van der Waals surface area contributed by atoms with Gasteiger partial charge < -0.3 is 9.47 Å². The number of carbonyl (C=O) groups excluding carboxylic acids is 1. The zero-order valence-electron chi connectivity index (χ0n) is 15.4. The van der Waals surface area contributed by atoms with Crippen LogP contribution in [0.4, 0.5) is 0 Å². The number of thiophene rings is 1. The minimum atomic E-state index is 0.172. The van der Waals surface area contributed by atoms with Crippen LogP contribution in [-0.4, -0.2) is 46.5 Å². The normalized spacial score (nSPS) is 15.7. The smallest absolute Gasteiger partial charge is 0.270 e. The lowest BCUT2D eigenvalue weighted by Crippen LogP contribution is -2.48. The molecule has 2 aromatic heterocycles. The highest BCUT2D eigenvalue weighted by Gasteiger charge is 2.25. The Morgan fingerprint density at radius 2 is 1.88 bits per heavy atom. The van der Waals surface area contributed by atoms with E-state index in [2.05, 4.69) is 65.1 Å². The molecule has 1 saturated heterocycles. The zero-order valence-corrected chi connectivity index (χ0v) is 16.3. The van der Waals surface area contributed by atoms with Crippen molar-refractivity contribution in [3.05, 3.63) is 58.6 Å². The second-order valence-corrected chi connectivity index (χ2v) is 7.89. The first kappa shape index (κ1) is 17.3. The van der Waals surface area contributed by atoms with Gasteiger partial charge in [-0.25, -0.2) is 0 Å². The Morgan fingerprint density at radius 1 is 1.12 bits per heavy atom. The van der Waals surface area contributed by atoms with Crippen molar-refractivity contribution in [2.45, 2.75) is 26.9 Å². The molecule has 1 aromatic carbocycles. The van der Waals surface area contributed by atoms with Gasteiger partial charge in [-0.2, -0.15) is 0 Å². The minimum absolute atomic E-state index is 0.172. The average Bonchev–Trinajstić information content (AvgIpc) is 3.24. The van der Waals surface area contributed by atoms with Crippen LogP contribution in [0.3, 0.4) is 0 Å². The maximum absolute atomic E-state index is 13.1. The molecule has 4 rings (SSSR count). The molecular formula is C21H25N3OS. The minimum Gasteiger partial charge on any atom is -0.336 e. The summed E-state index contributed by atoms with van der Waals surface area (Å²) in [5.41, 5.74) is 4.74. The van der Waals surface area contributed by atoms with E-state index in [-0.39, 0.29) is 5.91 Å². The van der Waals surface area contributed by atoms with E-state index in [1.54, 1.807) is 11.3 Å². The molecule has 1 aliphatic rings. The molecule has 136 valence electrons. The van der Waals surface area contributed by atoms with Gasteiger partial charge in [-0.1, -0.05) is 24.3 Å². The number of nitrogens with zero attached hydrogens (tertiary/aromatic N) is 3. The van der Waals surface area contributed by atoms with Crippen molar-refractivity contribution in [1.29, 1.82) is 0 Å². The Balaban J connectivity index is 1.43. The van der Waals surface area contributed by atoms with Crippen LogP contribution >= 0.6 is 11.3 Å². The fourth-order valence-electron chi connectivity index (χ4n) is 3.79. The molecule has 0 aliphatic carbocycles. The largest absolute Gasteiger partial charge is 0.336 e. The van der Waals surface area contributed by atoms with Crippen molar-refractivity contribution < 1.29 is 4.79 Å².